The normalized spacial score (nSPS) is 10.8. The third kappa shape index (κ3) is 17.4. The van der Waals surface area contributed by atoms with E-state index in [4.69, 9.17) is 0 Å². The number of aliphatic carboxylic acids is 2. The van der Waals surface area contributed by atoms with Gasteiger partial charge >= 0.3 is 70.2 Å². The average Bonchev–Trinajstić information content (AvgIpc) is 2.63. The summed E-state index contributed by atoms with van der Waals surface area (Å²) in [5.41, 5.74) is -1.80. The predicted octanol–water partition coefficient (Wildman–Crippen LogP) is -1.46. The fourth-order valence-corrected chi connectivity index (χ4v) is 3.74. The minimum absolute atomic E-state index is 0. The molecule has 0 saturated heterocycles. The van der Waals surface area contributed by atoms with Crippen molar-refractivity contribution in [2.45, 2.75) is 129 Å². The van der Waals surface area contributed by atoms with Crippen molar-refractivity contribution >= 4 is 11.9 Å². The molecule has 0 aliphatic carbocycles. The van der Waals surface area contributed by atoms with Crippen LogP contribution in [0.5, 0.6) is 0 Å². The largest absolute Gasteiger partial charge is 1.00 e. The van der Waals surface area contributed by atoms with Gasteiger partial charge in [0.15, 0.2) is 0 Å². The van der Waals surface area contributed by atoms with E-state index in [1.807, 2.05) is 0 Å². The molecule has 0 aromatic rings. The number of rotatable bonds is 20. The summed E-state index contributed by atoms with van der Waals surface area (Å²) in [6.07, 6.45) is 17.6. The molecular formula is C23H42KLiO4. The van der Waals surface area contributed by atoms with Gasteiger partial charge in [0.05, 0.1) is 11.9 Å². The molecule has 0 unspecified atom stereocenters. The van der Waals surface area contributed by atoms with E-state index in [1.165, 1.54) is 44.9 Å². The maximum absolute atomic E-state index is 11.6. The molecule has 0 fully saturated rings. The van der Waals surface area contributed by atoms with E-state index in [-0.39, 0.29) is 83.1 Å². The molecule has 0 amide bonds. The number of hydrogen-bond donors (Lipinski definition) is 0. The van der Waals surface area contributed by atoms with Gasteiger partial charge in [-0.15, -0.1) is 0 Å². The fraction of sp³-hybridized carbons (Fsp3) is 0.913. The summed E-state index contributed by atoms with van der Waals surface area (Å²) in [7, 11) is 0. The Bertz CT molecular complexity index is 377. The van der Waals surface area contributed by atoms with E-state index >= 15 is 0 Å². The fourth-order valence-electron chi connectivity index (χ4n) is 3.74. The third-order valence-corrected chi connectivity index (χ3v) is 5.70. The molecule has 0 bridgehead atoms. The number of hydrogen-bond acceptors (Lipinski definition) is 4. The van der Waals surface area contributed by atoms with Crippen molar-refractivity contribution in [3.05, 3.63) is 0 Å². The molecule has 0 aromatic heterocycles. The number of carboxylic acid groups (broad SMARTS) is 2. The van der Waals surface area contributed by atoms with Crippen molar-refractivity contribution in [3.8, 4) is 0 Å². The average molecular weight is 429 g/mol. The molecule has 0 atom stereocenters. The SMILES string of the molecule is CCCCCCCCCCCCC(CCCCCCCC)(C(=O)[O-])C(=O)[O-].[K+].[Li+]. The van der Waals surface area contributed by atoms with Crippen LogP contribution < -0.4 is 80.5 Å². The molecule has 160 valence electrons. The summed E-state index contributed by atoms with van der Waals surface area (Å²) in [4.78, 5) is 23.2. The van der Waals surface area contributed by atoms with Gasteiger partial charge in [0.1, 0.15) is 0 Å². The van der Waals surface area contributed by atoms with E-state index in [0.717, 1.165) is 44.9 Å². The summed E-state index contributed by atoms with van der Waals surface area (Å²) in [5, 5.41) is 23.2. The van der Waals surface area contributed by atoms with Gasteiger partial charge in [-0.25, -0.2) is 0 Å². The number of unbranched alkanes of at least 4 members (excludes halogenated alkanes) is 14. The second kappa shape index (κ2) is 23.8. The predicted molar refractivity (Wildman–Crippen MR) is 107 cm³/mol. The summed E-state index contributed by atoms with van der Waals surface area (Å²) in [6, 6.07) is 0. The zero-order valence-electron chi connectivity index (χ0n) is 19.9. The standard InChI is InChI=1S/C23H44O4.K.Li/c1-3-5-7-9-11-12-13-14-16-18-20-23(21(24)25,22(26)27)19-17-15-10-8-6-4-2;;/h3-20H2,1-2H3,(H,24,25)(H,26,27);;/q;2*+1/p-2. The first-order valence-electron chi connectivity index (χ1n) is 11.4. The summed E-state index contributed by atoms with van der Waals surface area (Å²) < 4.78 is 0. The Labute approximate surface area is 234 Å². The first-order chi connectivity index (χ1) is 13.0. The van der Waals surface area contributed by atoms with Crippen molar-refractivity contribution in [2.75, 3.05) is 0 Å². The number of carboxylic acids is 2. The van der Waals surface area contributed by atoms with Gasteiger partial charge < -0.3 is 19.8 Å². The molecule has 4 nitrogen and oxygen atoms in total. The molecule has 6 heteroatoms. The molecule has 0 saturated carbocycles. The van der Waals surface area contributed by atoms with Gasteiger partial charge in [-0.3, -0.25) is 0 Å². The number of carbonyl (C=O) groups is 2. The second-order valence-electron chi connectivity index (χ2n) is 8.11. The van der Waals surface area contributed by atoms with Gasteiger partial charge in [0.2, 0.25) is 0 Å². The molecule has 0 aliphatic rings. The van der Waals surface area contributed by atoms with Crippen molar-refractivity contribution in [1.29, 1.82) is 0 Å². The van der Waals surface area contributed by atoms with Crippen LogP contribution in [0.4, 0.5) is 0 Å². The van der Waals surface area contributed by atoms with Crippen LogP contribution in [0.25, 0.3) is 0 Å². The van der Waals surface area contributed by atoms with Crippen LogP contribution >= 0.6 is 0 Å². The van der Waals surface area contributed by atoms with Crippen LogP contribution in [0, 0.1) is 5.41 Å². The molecular weight excluding hydrogens is 386 g/mol. The van der Waals surface area contributed by atoms with E-state index in [9.17, 15) is 19.8 Å². The van der Waals surface area contributed by atoms with Crippen molar-refractivity contribution in [3.63, 3.8) is 0 Å². The van der Waals surface area contributed by atoms with Gasteiger partial charge in [-0.1, -0.05) is 117 Å². The van der Waals surface area contributed by atoms with Gasteiger partial charge in [-0.2, -0.15) is 0 Å². The van der Waals surface area contributed by atoms with E-state index in [0.29, 0.717) is 12.8 Å². The Morgan fingerprint density at radius 1 is 0.552 bits per heavy atom. The van der Waals surface area contributed by atoms with Crippen LogP contribution in [0.1, 0.15) is 129 Å². The molecule has 0 aliphatic heterocycles. The zero-order chi connectivity index (χ0) is 20.4. The van der Waals surface area contributed by atoms with E-state index < -0.39 is 17.4 Å². The first kappa shape index (κ1) is 34.8. The quantitative estimate of drug-likeness (QED) is 0.135. The summed E-state index contributed by atoms with van der Waals surface area (Å²) in [6.45, 7) is 4.36. The second-order valence-corrected chi connectivity index (χ2v) is 8.11. The topological polar surface area (TPSA) is 80.3 Å². The van der Waals surface area contributed by atoms with Gasteiger partial charge in [0, 0.05) is 5.41 Å². The maximum Gasteiger partial charge on any atom is 1.00 e. The smallest absolute Gasteiger partial charge is 0.549 e. The Hall–Kier alpha value is 1.17. The van der Waals surface area contributed by atoms with Crippen molar-refractivity contribution in [2.24, 2.45) is 5.41 Å². The Morgan fingerprint density at radius 2 is 0.793 bits per heavy atom. The van der Waals surface area contributed by atoms with Gasteiger partial charge in [0.25, 0.3) is 0 Å². The summed E-state index contributed by atoms with van der Waals surface area (Å²) in [5.74, 6) is -2.93. The molecule has 0 rings (SSSR count). The Balaban J connectivity index is -0.00000338. The van der Waals surface area contributed by atoms with Crippen LogP contribution in [0.2, 0.25) is 0 Å². The Kier molecular flexibility index (Phi) is 28.6. The molecule has 0 aromatic carbocycles. The van der Waals surface area contributed by atoms with Crippen molar-refractivity contribution in [1.82, 2.24) is 0 Å². The van der Waals surface area contributed by atoms with E-state index in [2.05, 4.69) is 13.8 Å². The molecule has 0 spiro atoms. The van der Waals surface area contributed by atoms with Gasteiger partial charge in [-0.05, 0) is 12.8 Å². The number of carbonyl (C=O) groups excluding carboxylic acids is 2. The Morgan fingerprint density at radius 3 is 1.03 bits per heavy atom. The third-order valence-electron chi connectivity index (χ3n) is 5.70. The van der Waals surface area contributed by atoms with E-state index in [1.54, 1.807) is 0 Å². The monoisotopic (exact) mass is 428 g/mol. The van der Waals surface area contributed by atoms with Crippen molar-refractivity contribution < 1.29 is 90.0 Å². The van der Waals surface area contributed by atoms with Crippen LogP contribution in [0.15, 0.2) is 0 Å². The summed E-state index contributed by atoms with van der Waals surface area (Å²) >= 11 is 0. The maximum atomic E-state index is 11.6. The molecule has 0 radical (unpaired) electrons. The first-order valence-corrected chi connectivity index (χ1v) is 11.4. The molecule has 29 heavy (non-hydrogen) atoms. The minimum atomic E-state index is -1.80. The zero-order valence-corrected chi connectivity index (χ0v) is 23.0. The van der Waals surface area contributed by atoms with Crippen LogP contribution in [-0.2, 0) is 9.59 Å². The molecule has 0 N–H and O–H groups in total. The van der Waals surface area contributed by atoms with Crippen LogP contribution in [-0.4, -0.2) is 11.9 Å². The minimum Gasteiger partial charge on any atom is -0.549 e. The van der Waals surface area contributed by atoms with Crippen LogP contribution in [0.3, 0.4) is 0 Å². The molecule has 0 heterocycles.